The molecule has 0 saturated carbocycles. The Bertz CT molecular complexity index is 368. The van der Waals surface area contributed by atoms with E-state index < -0.39 is 0 Å². The third-order valence-electron chi connectivity index (χ3n) is 3.84. The Balaban J connectivity index is 0.00000108. The second kappa shape index (κ2) is 5.65. The van der Waals surface area contributed by atoms with Crippen LogP contribution < -0.4 is 5.32 Å². The van der Waals surface area contributed by atoms with E-state index in [1.54, 1.807) is 11.3 Å². The van der Waals surface area contributed by atoms with Crippen LogP contribution in [-0.2, 0) is 6.54 Å². The average Bonchev–Trinajstić information content (AvgIpc) is 2.87. The highest BCUT2D eigenvalue weighted by Crippen LogP contribution is 2.27. The Morgan fingerprint density at radius 2 is 2.29 bits per heavy atom. The summed E-state index contributed by atoms with van der Waals surface area (Å²) in [7, 11) is 0. The van der Waals surface area contributed by atoms with Gasteiger partial charge in [0.05, 0.1) is 10.7 Å². The van der Waals surface area contributed by atoms with Crippen molar-refractivity contribution in [2.45, 2.75) is 19.9 Å². The highest BCUT2D eigenvalue weighted by atomic mass is 35.5. The van der Waals surface area contributed by atoms with Crippen molar-refractivity contribution in [1.29, 1.82) is 0 Å². The number of aryl methyl sites for hydroxylation is 1. The Morgan fingerprint density at radius 3 is 3.06 bits per heavy atom. The van der Waals surface area contributed by atoms with E-state index in [9.17, 15) is 0 Å². The molecule has 0 spiro atoms. The first-order chi connectivity index (χ1) is 7.81. The lowest BCUT2D eigenvalue weighted by atomic mass is 9.89. The normalized spacial score (nSPS) is 28.8. The summed E-state index contributed by atoms with van der Waals surface area (Å²) in [5, 5.41) is 6.90. The SMILES string of the molecule is Cc1nc(CN2CCC3CNCC3C2)cs1.Cl. The molecule has 2 fully saturated rings. The van der Waals surface area contributed by atoms with Gasteiger partial charge in [0.1, 0.15) is 0 Å². The van der Waals surface area contributed by atoms with E-state index in [0.717, 1.165) is 18.4 Å². The van der Waals surface area contributed by atoms with E-state index in [1.165, 1.54) is 43.3 Å². The van der Waals surface area contributed by atoms with Crippen LogP contribution in [0.4, 0.5) is 0 Å². The third kappa shape index (κ3) is 2.99. The Morgan fingerprint density at radius 1 is 1.47 bits per heavy atom. The van der Waals surface area contributed by atoms with Crippen molar-refractivity contribution in [1.82, 2.24) is 15.2 Å². The van der Waals surface area contributed by atoms with Crippen LogP contribution in [0.2, 0.25) is 0 Å². The van der Waals surface area contributed by atoms with Crippen molar-refractivity contribution in [2.75, 3.05) is 26.2 Å². The van der Waals surface area contributed by atoms with Gasteiger partial charge in [-0.15, -0.1) is 23.7 Å². The number of likely N-dealkylation sites (tertiary alicyclic amines) is 1. The molecule has 3 heterocycles. The second-order valence-electron chi connectivity index (χ2n) is 5.06. The molecule has 0 radical (unpaired) electrons. The second-order valence-corrected chi connectivity index (χ2v) is 6.12. The Kier molecular flexibility index (Phi) is 4.42. The van der Waals surface area contributed by atoms with Gasteiger partial charge in [-0.05, 0) is 44.8 Å². The van der Waals surface area contributed by atoms with Gasteiger partial charge in [-0.25, -0.2) is 4.98 Å². The maximum Gasteiger partial charge on any atom is 0.0897 e. The van der Waals surface area contributed by atoms with Crippen molar-refractivity contribution in [3.05, 3.63) is 16.1 Å². The number of thiazole rings is 1. The van der Waals surface area contributed by atoms with E-state index in [4.69, 9.17) is 0 Å². The zero-order valence-electron chi connectivity index (χ0n) is 10.2. The van der Waals surface area contributed by atoms with Crippen molar-refractivity contribution >= 4 is 23.7 Å². The molecule has 2 atom stereocenters. The first-order valence-electron chi connectivity index (χ1n) is 6.15. The fraction of sp³-hybridized carbons (Fsp3) is 0.750. The molecule has 2 aliphatic rings. The fourth-order valence-corrected chi connectivity index (χ4v) is 3.57. The van der Waals surface area contributed by atoms with Crippen molar-refractivity contribution in [3.8, 4) is 0 Å². The highest BCUT2D eigenvalue weighted by Gasteiger charge is 2.32. The maximum atomic E-state index is 4.55. The summed E-state index contributed by atoms with van der Waals surface area (Å²) in [5.41, 5.74) is 1.26. The molecule has 0 bridgehead atoms. The number of fused-ring (bicyclic) bond motifs is 1. The molecule has 2 saturated heterocycles. The number of nitrogens with one attached hydrogen (secondary N) is 1. The fourth-order valence-electron chi connectivity index (χ4n) is 2.96. The summed E-state index contributed by atoms with van der Waals surface area (Å²) in [6, 6.07) is 0. The first kappa shape index (κ1) is 13.3. The number of nitrogens with zero attached hydrogens (tertiary/aromatic N) is 2. The number of hydrogen-bond donors (Lipinski definition) is 1. The summed E-state index contributed by atoms with van der Waals surface area (Å²) in [5.74, 6) is 1.82. The van der Waals surface area contributed by atoms with Gasteiger partial charge in [-0.3, -0.25) is 4.90 Å². The molecule has 2 unspecified atom stereocenters. The third-order valence-corrected chi connectivity index (χ3v) is 4.66. The van der Waals surface area contributed by atoms with E-state index >= 15 is 0 Å². The Labute approximate surface area is 113 Å². The lowest BCUT2D eigenvalue weighted by molar-refractivity contribution is 0.141. The minimum Gasteiger partial charge on any atom is -0.316 e. The summed E-state index contributed by atoms with van der Waals surface area (Å²) in [6.45, 7) is 8.11. The minimum absolute atomic E-state index is 0. The van der Waals surface area contributed by atoms with Crippen molar-refractivity contribution < 1.29 is 0 Å². The van der Waals surface area contributed by atoms with Crippen molar-refractivity contribution in [3.63, 3.8) is 0 Å². The number of halogens is 1. The van der Waals surface area contributed by atoms with Crippen LogP contribution in [0.25, 0.3) is 0 Å². The number of piperidine rings is 1. The molecular weight excluding hydrogens is 254 g/mol. The molecule has 1 aromatic rings. The summed E-state index contributed by atoms with van der Waals surface area (Å²) >= 11 is 1.76. The summed E-state index contributed by atoms with van der Waals surface area (Å²) in [6.07, 6.45) is 1.36. The van der Waals surface area contributed by atoms with E-state index in [-0.39, 0.29) is 12.4 Å². The largest absolute Gasteiger partial charge is 0.316 e. The van der Waals surface area contributed by atoms with Crippen LogP contribution in [0.3, 0.4) is 0 Å². The molecule has 0 aromatic carbocycles. The van der Waals surface area contributed by atoms with Gasteiger partial charge in [-0.1, -0.05) is 0 Å². The van der Waals surface area contributed by atoms with Gasteiger partial charge in [0.15, 0.2) is 0 Å². The van der Waals surface area contributed by atoms with E-state index in [0.29, 0.717) is 0 Å². The van der Waals surface area contributed by atoms with Gasteiger partial charge < -0.3 is 5.32 Å². The average molecular weight is 274 g/mol. The molecule has 0 aliphatic carbocycles. The highest BCUT2D eigenvalue weighted by molar-refractivity contribution is 7.09. The smallest absolute Gasteiger partial charge is 0.0897 e. The quantitative estimate of drug-likeness (QED) is 0.892. The van der Waals surface area contributed by atoms with Gasteiger partial charge in [0.2, 0.25) is 0 Å². The van der Waals surface area contributed by atoms with E-state index in [1.807, 2.05) is 0 Å². The zero-order valence-corrected chi connectivity index (χ0v) is 11.8. The van der Waals surface area contributed by atoms with Crippen LogP contribution in [0, 0.1) is 18.8 Å². The van der Waals surface area contributed by atoms with Gasteiger partial charge in [0.25, 0.3) is 0 Å². The van der Waals surface area contributed by atoms with Crippen LogP contribution in [0.15, 0.2) is 5.38 Å². The predicted molar refractivity (Wildman–Crippen MR) is 73.8 cm³/mol. The molecule has 3 rings (SSSR count). The molecule has 17 heavy (non-hydrogen) atoms. The molecule has 3 nitrogen and oxygen atoms in total. The number of aromatic nitrogens is 1. The molecule has 1 aromatic heterocycles. The molecular formula is C12H20ClN3S. The molecule has 0 amide bonds. The first-order valence-corrected chi connectivity index (χ1v) is 7.03. The lowest BCUT2D eigenvalue weighted by Gasteiger charge is -2.33. The minimum atomic E-state index is 0. The lowest BCUT2D eigenvalue weighted by Crippen LogP contribution is -2.39. The maximum absolute atomic E-state index is 4.55. The monoisotopic (exact) mass is 273 g/mol. The zero-order chi connectivity index (χ0) is 11.0. The molecule has 96 valence electrons. The van der Waals surface area contributed by atoms with Gasteiger partial charge in [-0.2, -0.15) is 0 Å². The summed E-state index contributed by atoms with van der Waals surface area (Å²) in [4.78, 5) is 7.12. The molecule has 5 heteroatoms. The molecule has 2 aliphatic heterocycles. The van der Waals surface area contributed by atoms with Crippen LogP contribution in [-0.4, -0.2) is 36.1 Å². The van der Waals surface area contributed by atoms with Crippen LogP contribution in [0.1, 0.15) is 17.1 Å². The van der Waals surface area contributed by atoms with Crippen molar-refractivity contribution in [2.24, 2.45) is 11.8 Å². The number of rotatable bonds is 2. The Hall–Kier alpha value is -0.160. The van der Waals surface area contributed by atoms with Gasteiger partial charge in [0, 0.05) is 18.5 Å². The summed E-state index contributed by atoms with van der Waals surface area (Å²) < 4.78 is 0. The van der Waals surface area contributed by atoms with Gasteiger partial charge >= 0.3 is 0 Å². The predicted octanol–water partition coefficient (Wildman–Crippen LogP) is 1.91. The number of hydrogen-bond acceptors (Lipinski definition) is 4. The van der Waals surface area contributed by atoms with Crippen LogP contribution in [0.5, 0.6) is 0 Å². The molecule has 1 N–H and O–H groups in total. The topological polar surface area (TPSA) is 28.2 Å². The standard InChI is InChI=1S/C12H19N3S.ClH/c1-9-14-12(8-16-9)7-15-3-2-10-4-13-5-11(10)6-15;/h8,10-11,13H,2-7H2,1H3;1H. The van der Waals surface area contributed by atoms with E-state index in [2.05, 4.69) is 27.5 Å². The van der Waals surface area contributed by atoms with Crippen LogP contribution >= 0.6 is 23.7 Å².